The fourth-order valence-corrected chi connectivity index (χ4v) is 3.65. The molecule has 0 N–H and O–H groups in total. The fourth-order valence-electron chi connectivity index (χ4n) is 2.26. The smallest absolute Gasteiger partial charge is 0.265 e. The normalized spacial score (nSPS) is 20.6. The molecule has 1 amide bonds. The molecule has 0 aromatic carbocycles. The van der Waals surface area contributed by atoms with E-state index in [0.717, 1.165) is 41.1 Å². The number of piperidine rings is 1. The van der Waals surface area contributed by atoms with E-state index in [1.165, 1.54) is 17.8 Å². The molecule has 1 unspecified atom stereocenters. The largest absolute Gasteiger partial charge is 0.338 e. The minimum atomic E-state index is 0.162. The minimum Gasteiger partial charge on any atom is -0.338 e. The first-order chi connectivity index (χ1) is 8.20. The number of alkyl halides is 1. The Hall–Kier alpha value is -0.420. The van der Waals surface area contributed by atoms with Crippen LogP contribution in [0, 0.1) is 12.8 Å². The van der Waals surface area contributed by atoms with E-state index in [-0.39, 0.29) is 5.91 Å². The summed E-state index contributed by atoms with van der Waals surface area (Å²) in [6, 6.07) is 0. The van der Waals surface area contributed by atoms with Crippen LogP contribution in [0.15, 0.2) is 6.20 Å². The van der Waals surface area contributed by atoms with Gasteiger partial charge in [-0.1, -0.05) is 15.9 Å². The van der Waals surface area contributed by atoms with Gasteiger partial charge in [0.25, 0.3) is 5.91 Å². The summed E-state index contributed by atoms with van der Waals surface area (Å²) in [7, 11) is 0. The van der Waals surface area contributed by atoms with E-state index in [0.29, 0.717) is 5.92 Å². The van der Waals surface area contributed by atoms with Gasteiger partial charge in [0.1, 0.15) is 4.88 Å². The molecule has 5 heteroatoms. The number of hydrogen-bond acceptors (Lipinski definition) is 3. The second-order valence-electron chi connectivity index (χ2n) is 4.48. The van der Waals surface area contributed by atoms with E-state index in [4.69, 9.17) is 0 Å². The van der Waals surface area contributed by atoms with Gasteiger partial charge in [-0.15, -0.1) is 11.3 Å². The maximum Gasteiger partial charge on any atom is 0.265 e. The molecule has 0 radical (unpaired) electrons. The predicted molar refractivity (Wildman–Crippen MR) is 73.9 cm³/mol. The topological polar surface area (TPSA) is 33.2 Å². The van der Waals surface area contributed by atoms with Crippen LogP contribution in [-0.2, 0) is 0 Å². The number of nitrogens with zero attached hydrogens (tertiary/aromatic N) is 2. The van der Waals surface area contributed by atoms with Crippen molar-refractivity contribution in [2.75, 3.05) is 18.4 Å². The van der Waals surface area contributed by atoms with Gasteiger partial charge >= 0.3 is 0 Å². The number of halogens is 1. The van der Waals surface area contributed by atoms with Crippen LogP contribution in [0.3, 0.4) is 0 Å². The summed E-state index contributed by atoms with van der Waals surface area (Å²) in [5, 5.41) is 1.99. The summed E-state index contributed by atoms with van der Waals surface area (Å²) < 4.78 is 0. The lowest BCUT2D eigenvalue weighted by Crippen LogP contribution is -2.39. The highest BCUT2D eigenvalue weighted by Crippen LogP contribution is 2.23. The first-order valence-corrected chi connectivity index (χ1v) is 7.92. The Kier molecular flexibility index (Phi) is 4.56. The van der Waals surface area contributed by atoms with Crippen LogP contribution < -0.4 is 0 Å². The lowest BCUT2D eigenvalue weighted by atomic mass is 9.95. The van der Waals surface area contributed by atoms with Crippen LogP contribution in [0.1, 0.15) is 33.9 Å². The van der Waals surface area contributed by atoms with Crippen LogP contribution >= 0.6 is 27.3 Å². The summed E-state index contributed by atoms with van der Waals surface area (Å²) in [6.45, 7) is 3.74. The zero-order valence-electron chi connectivity index (χ0n) is 9.99. The molecule has 1 aliphatic rings. The van der Waals surface area contributed by atoms with Crippen molar-refractivity contribution in [2.24, 2.45) is 5.92 Å². The molecule has 2 heterocycles. The predicted octanol–water partition coefficient (Wildman–Crippen LogP) is 3.09. The molecule has 17 heavy (non-hydrogen) atoms. The average molecular weight is 317 g/mol. The van der Waals surface area contributed by atoms with Crippen LogP contribution in [0.2, 0.25) is 0 Å². The number of aryl methyl sites for hydroxylation is 1. The highest BCUT2D eigenvalue weighted by atomic mass is 79.9. The number of aromatic nitrogens is 1. The number of rotatable bonds is 3. The van der Waals surface area contributed by atoms with Gasteiger partial charge in [-0.3, -0.25) is 4.79 Å². The lowest BCUT2D eigenvalue weighted by Gasteiger charge is -2.32. The molecular formula is C12H17BrN2OS. The van der Waals surface area contributed by atoms with Gasteiger partial charge in [0, 0.05) is 18.4 Å². The van der Waals surface area contributed by atoms with E-state index in [1.54, 1.807) is 6.20 Å². The molecule has 0 bridgehead atoms. The van der Waals surface area contributed by atoms with Crippen LogP contribution in [0.4, 0.5) is 0 Å². The molecule has 1 aliphatic heterocycles. The third kappa shape index (κ3) is 3.28. The number of thiazole rings is 1. The summed E-state index contributed by atoms with van der Waals surface area (Å²) in [6.07, 6.45) is 5.24. The Morgan fingerprint density at radius 3 is 3.18 bits per heavy atom. The monoisotopic (exact) mass is 316 g/mol. The van der Waals surface area contributed by atoms with E-state index < -0.39 is 0 Å². The van der Waals surface area contributed by atoms with E-state index in [2.05, 4.69) is 20.9 Å². The summed E-state index contributed by atoms with van der Waals surface area (Å²) >= 11 is 4.97. The van der Waals surface area contributed by atoms with Crippen LogP contribution in [0.5, 0.6) is 0 Å². The fraction of sp³-hybridized carbons (Fsp3) is 0.667. The van der Waals surface area contributed by atoms with Crippen molar-refractivity contribution in [2.45, 2.75) is 26.2 Å². The van der Waals surface area contributed by atoms with Gasteiger partial charge in [-0.05, 0) is 32.1 Å². The molecule has 94 valence electrons. The molecule has 1 saturated heterocycles. The third-order valence-corrected chi connectivity index (χ3v) is 4.51. The Morgan fingerprint density at radius 2 is 2.53 bits per heavy atom. The first kappa shape index (κ1) is 13.0. The van der Waals surface area contributed by atoms with E-state index in [9.17, 15) is 4.79 Å². The maximum absolute atomic E-state index is 12.2. The van der Waals surface area contributed by atoms with Gasteiger partial charge < -0.3 is 4.90 Å². The summed E-state index contributed by atoms with van der Waals surface area (Å²) in [5.74, 6) is 0.816. The number of carbonyl (C=O) groups excluding carboxylic acids is 1. The average Bonchev–Trinajstić information content (AvgIpc) is 2.76. The lowest BCUT2D eigenvalue weighted by molar-refractivity contribution is 0.0676. The van der Waals surface area contributed by atoms with Crippen molar-refractivity contribution >= 4 is 33.2 Å². The second kappa shape index (κ2) is 5.96. The summed E-state index contributed by atoms with van der Waals surface area (Å²) in [5.41, 5.74) is 0. The maximum atomic E-state index is 12.2. The second-order valence-corrected chi connectivity index (χ2v) is 6.51. The Balaban J connectivity index is 1.99. The molecular weight excluding hydrogens is 300 g/mol. The zero-order valence-corrected chi connectivity index (χ0v) is 12.4. The Labute approximate surface area is 114 Å². The quantitative estimate of drug-likeness (QED) is 0.803. The van der Waals surface area contributed by atoms with Gasteiger partial charge in [-0.25, -0.2) is 4.98 Å². The van der Waals surface area contributed by atoms with Crippen molar-refractivity contribution in [1.29, 1.82) is 0 Å². The van der Waals surface area contributed by atoms with Gasteiger partial charge in [0.2, 0.25) is 0 Å². The number of likely N-dealkylation sites (tertiary alicyclic amines) is 1. The molecule has 0 aliphatic carbocycles. The van der Waals surface area contributed by atoms with Gasteiger partial charge in [0.15, 0.2) is 0 Å². The minimum absolute atomic E-state index is 0.162. The first-order valence-electron chi connectivity index (χ1n) is 5.98. The van der Waals surface area contributed by atoms with Gasteiger partial charge in [0.05, 0.1) is 11.2 Å². The van der Waals surface area contributed by atoms with Crippen molar-refractivity contribution in [3.8, 4) is 0 Å². The molecule has 3 nitrogen and oxygen atoms in total. The van der Waals surface area contributed by atoms with E-state index in [1.807, 2.05) is 11.8 Å². The van der Waals surface area contributed by atoms with Crippen molar-refractivity contribution < 1.29 is 4.79 Å². The molecule has 2 rings (SSSR count). The van der Waals surface area contributed by atoms with Crippen LogP contribution in [-0.4, -0.2) is 34.2 Å². The van der Waals surface area contributed by atoms with E-state index >= 15 is 0 Å². The highest BCUT2D eigenvalue weighted by molar-refractivity contribution is 9.09. The number of amides is 1. The molecule has 1 fully saturated rings. The molecule has 1 aromatic heterocycles. The SMILES string of the molecule is Cc1ncc(C(=O)N2CCCC(CCBr)C2)s1. The summed E-state index contributed by atoms with van der Waals surface area (Å²) in [4.78, 5) is 19.2. The molecule has 1 aromatic rings. The highest BCUT2D eigenvalue weighted by Gasteiger charge is 2.24. The molecule has 0 spiro atoms. The third-order valence-electron chi connectivity index (χ3n) is 3.16. The Bertz CT molecular complexity index is 392. The number of hydrogen-bond donors (Lipinski definition) is 0. The van der Waals surface area contributed by atoms with Crippen LogP contribution in [0.25, 0.3) is 0 Å². The molecule has 0 saturated carbocycles. The van der Waals surface area contributed by atoms with Crippen molar-refractivity contribution in [1.82, 2.24) is 9.88 Å². The number of carbonyl (C=O) groups is 1. The Morgan fingerprint density at radius 1 is 1.71 bits per heavy atom. The standard InChI is InChI=1S/C12H17BrN2OS/c1-9-14-7-11(17-9)12(16)15-6-2-3-10(8-15)4-5-13/h7,10H,2-6,8H2,1H3. The van der Waals surface area contributed by atoms with Crippen molar-refractivity contribution in [3.63, 3.8) is 0 Å². The molecule has 1 atom stereocenters. The van der Waals surface area contributed by atoms with Gasteiger partial charge in [-0.2, -0.15) is 0 Å². The zero-order chi connectivity index (χ0) is 12.3. The van der Waals surface area contributed by atoms with Crippen molar-refractivity contribution in [3.05, 3.63) is 16.1 Å².